The van der Waals surface area contributed by atoms with Crippen molar-refractivity contribution >= 4 is 32.3 Å². The van der Waals surface area contributed by atoms with Gasteiger partial charge < -0.3 is 14.0 Å². The summed E-state index contributed by atoms with van der Waals surface area (Å²) < 4.78 is 38.9. The lowest BCUT2D eigenvalue weighted by molar-refractivity contribution is 0.414. The second-order valence-electron chi connectivity index (χ2n) is 7.14. The number of halogens is 1. The van der Waals surface area contributed by atoms with Crippen molar-refractivity contribution in [3.05, 3.63) is 93.7 Å². The normalized spacial score (nSPS) is 11.5. The Bertz CT molecular complexity index is 1460. The van der Waals surface area contributed by atoms with Gasteiger partial charge in [-0.3, -0.25) is 4.79 Å². The van der Waals surface area contributed by atoms with Crippen LogP contribution in [0.1, 0.15) is 5.56 Å². The summed E-state index contributed by atoms with van der Waals surface area (Å²) in [6, 6.07) is 18.2. The molecule has 1 heterocycles. The minimum Gasteiger partial charge on any atom is -0.497 e. The molecule has 0 N–H and O–H groups in total. The molecular formula is C24H20ClNO5S. The lowest BCUT2D eigenvalue weighted by Crippen LogP contribution is -2.19. The van der Waals surface area contributed by atoms with E-state index in [9.17, 15) is 13.2 Å². The Hall–Kier alpha value is -3.29. The van der Waals surface area contributed by atoms with Gasteiger partial charge in [0.2, 0.25) is 15.3 Å². The van der Waals surface area contributed by atoms with E-state index in [1.807, 2.05) is 12.1 Å². The lowest BCUT2D eigenvalue weighted by Gasteiger charge is -2.15. The molecule has 3 aromatic carbocycles. The molecule has 164 valence electrons. The summed E-state index contributed by atoms with van der Waals surface area (Å²) in [5, 5.41) is 0.821. The van der Waals surface area contributed by atoms with Crippen LogP contribution in [0.4, 0.5) is 0 Å². The molecule has 0 unspecified atom stereocenters. The number of benzene rings is 3. The Morgan fingerprint density at radius 3 is 2.25 bits per heavy atom. The van der Waals surface area contributed by atoms with Crippen LogP contribution in [0.5, 0.6) is 11.5 Å². The fourth-order valence-electron chi connectivity index (χ4n) is 3.51. The highest BCUT2D eigenvalue weighted by Crippen LogP contribution is 2.26. The monoisotopic (exact) mass is 469 g/mol. The van der Waals surface area contributed by atoms with E-state index < -0.39 is 15.3 Å². The molecule has 0 aliphatic heterocycles. The predicted molar refractivity (Wildman–Crippen MR) is 124 cm³/mol. The Kier molecular flexibility index (Phi) is 5.95. The van der Waals surface area contributed by atoms with E-state index in [1.54, 1.807) is 47.0 Å². The van der Waals surface area contributed by atoms with Gasteiger partial charge >= 0.3 is 0 Å². The molecule has 0 amide bonds. The molecule has 0 aliphatic carbocycles. The van der Waals surface area contributed by atoms with Crippen molar-refractivity contribution in [2.75, 3.05) is 14.2 Å². The Balaban J connectivity index is 1.95. The van der Waals surface area contributed by atoms with Crippen molar-refractivity contribution in [3.8, 4) is 11.5 Å². The standard InChI is InChI=1S/C24H20ClNO5S/c1-30-18-6-9-20(10-7-18)32(28,29)23-15-26(14-16-4-3-5-17(25)12-16)22-11-8-19(31-2)13-21(22)24(23)27/h3-13,15H,14H2,1-2H3. The molecule has 0 aliphatic rings. The molecule has 0 spiro atoms. The van der Waals surface area contributed by atoms with E-state index in [2.05, 4.69) is 0 Å². The molecule has 0 fully saturated rings. The summed E-state index contributed by atoms with van der Waals surface area (Å²) in [6.45, 7) is 0.328. The van der Waals surface area contributed by atoms with Gasteiger partial charge in [0.15, 0.2) is 0 Å². The maximum atomic E-state index is 13.4. The summed E-state index contributed by atoms with van der Waals surface area (Å²) >= 11 is 6.12. The molecule has 0 radical (unpaired) electrons. The van der Waals surface area contributed by atoms with Crippen LogP contribution in [-0.4, -0.2) is 27.2 Å². The molecule has 4 rings (SSSR count). The van der Waals surface area contributed by atoms with E-state index in [1.165, 1.54) is 32.5 Å². The van der Waals surface area contributed by atoms with Crippen molar-refractivity contribution in [1.29, 1.82) is 0 Å². The number of nitrogens with zero attached hydrogens (tertiary/aromatic N) is 1. The summed E-state index contributed by atoms with van der Waals surface area (Å²) in [7, 11) is -1.10. The van der Waals surface area contributed by atoms with Crippen LogP contribution in [0.15, 0.2) is 87.5 Å². The average Bonchev–Trinajstić information content (AvgIpc) is 2.80. The fraction of sp³-hybridized carbons (Fsp3) is 0.125. The highest BCUT2D eigenvalue weighted by atomic mass is 35.5. The Morgan fingerprint density at radius 2 is 1.59 bits per heavy atom. The van der Waals surface area contributed by atoms with Crippen molar-refractivity contribution < 1.29 is 17.9 Å². The van der Waals surface area contributed by atoms with Crippen molar-refractivity contribution in [2.45, 2.75) is 16.3 Å². The summed E-state index contributed by atoms with van der Waals surface area (Å²) in [6.07, 6.45) is 1.39. The number of methoxy groups -OCH3 is 2. The summed E-state index contributed by atoms with van der Waals surface area (Å²) in [4.78, 5) is 13.0. The smallest absolute Gasteiger partial charge is 0.211 e. The Morgan fingerprint density at radius 1 is 0.906 bits per heavy atom. The molecule has 1 aromatic heterocycles. The van der Waals surface area contributed by atoms with Gasteiger partial charge in [0.05, 0.1) is 30.0 Å². The molecular weight excluding hydrogens is 450 g/mol. The number of rotatable bonds is 6. The summed E-state index contributed by atoms with van der Waals surface area (Å²) in [5.74, 6) is 0.980. The van der Waals surface area contributed by atoms with E-state index in [0.717, 1.165) is 5.56 Å². The van der Waals surface area contributed by atoms with Crippen molar-refractivity contribution in [2.24, 2.45) is 0 Å². The van der Waals surface area contributed by atoms with Gasteiger partial charge in [0, 0.05) is 17.8 Å². The van der Waals surface area contributed by atoms with Crippen molar-refractivity contribution in [1.82, 2.24) is 4.57 Å². The van der Waals surface area contributed by atoms with E-state index in [-0.39, 0.29) is 15.2 Å². The van der Waals surface area contributed by atoms with Gasteiger partial charge in [-0.1, -0.05) is 23.7 Å². The minimum absolute atomic E-state index is 0.00644. The molecule has 0 bridgehead atoms. The SMILES string of the molecule is COc1ccc(S(=O)(=O)c2cn(Cc3cccc(Cl)c3)c3ccc(OC)cc3c2=O)cc1. The van der Waals surface area contributed by atoms with Crippen LogP contribution in [0.3, 0.4) is 0 Å². The van der Waals surface area contributed by atoms with Crippen molar-refractivity contribution in [3.63, 3.8) is 0 Å². The molecule has 6 nitrogen and oxygen atoms in total. The number of ether oxygens (including phenoxy) is 2. The van der Waals surface area contributed by atoms with Gasteiger partial charge in [0.25, 0.3) is 0 Å². The first-order valence-electron chi connectivity index (χ1n) is 9.68. The minimum atomic E-state index is -4.08. The third kappa shape index (κ3) is 4.09. The zero-order valence-corrected chi connectivity index (χ0v) is 19.0. The Labute approximate surface area is 190 Å². The highest BCUT2D eigenvalue weighted by molar-refractivity contribution is 7.91. The third-order valence-electron chi connectivity index (χ3n) is 5.16. The predicted octanol–water partition coefficient (Wildman–Crippen LogP) is 4.55. The van der Waals surface area contributed by atoms with E-state index >= 15 is 0 Å². The number of sulfone groups is 1. The second-order valence-corrected chi connectivity index (χ2v) is 9.50. The zero-order valence-electron chi connectivity index (χ0n) is 17.4. The fourth-order valence-corrected chi connectivity index (χ4v) is 5.09. The van der Waals surface area contributed by atoms with Crippen LogP contribution < -0.4 is 14.9 Å². The number of hydrogen-bond donors (Lipinski definition) is 0. The van der Waals surface area contributed by atoms with Crippen LogP contribution >= 0.6 is 11.6 Å². The number of hydrogen-bond acceptors (Lipinski definition) is 5. The van der Waals surface area contributed by atoms with Crippen LogP contribution in [0.2, 0.25) is 5.02 Å². The topological polar surface area (TPSA) is 74.6 Å². The van der Waals surface area contributed by atoms with Gasteiger partial charge in [-0.15, -0.1) is 0 Å². The van der Waals surface area contributed by atoms with Crippen LogP contribution in [0.25, 0.3) is 10.9 Å². The second kappa shape index (κ2) is 8.68. The molecule has 32 heavy (non-hydrogen) atoms. The largest absolute Gasteiger partial charge is 0.497 e. The first-order chi connectivity index (χ1) is 15.3. The van der Waals surface area contributed by atoms with Gasteiger partial charge in [-0.25, -0.2) is 8.42 Å². The lowest BCUT2D eigenvalue weighted by atomic mass is 10.1. The van der Waals surface area contributed by atoms with Crippen LogP contribution in [0, 0.1) is 0 Å². The maximum Gasteiger partial charge on any atom is 0.211 e. The highest BCUT2D eigenvalue weighted by Gasteiger charge is 2.24. The van der Waals surface area contributed by atoms with E-state index in [0.29, 0.717) is 28.6 Å². The number of fused-ring (bicyclic) bond motifs is 1. The first-order valence-corrected chi connectivity index (χ1v) is 11.5. The van der Waals surface area contributed by atoms with Gasteiger partial charge in [-0.05, 0) is 60.2 Å². The first kappa shape index (κ1) is 21.9. The third-order valence-corrected chi connectivity index (χ3v) is 7.15. The number of aromatic nitrogens is 1. The molecule has 0 saturated heterocycles. The van der Waals surface area contributed by atoms with Gasteiger partial charge in [0.1, 0.15) is 16.4 Å². The van der Waals surface area contributed by atoms with E-state index in [4.69, 9.17) is 21.1 Å². The quantitative estimate of drug-likeness (QED) is 0.414. The molecule has 8 heteroatoms. The average molecular weight is 470 g/mol. The molecule has 4 aromatic rings. The maximum absolute atomic E-state index is 13.4. The summed E-state index contributed by atoms with van der Waals surface area (Å²) in [5.41, 5.74) is 0.868. The number of pyridine rings is 1. The zero-order chi connectivity index (χ0) is 22.9. The van der Waals surface area contributed by atoms with Gasteiger partial charge in [-0.2, -0.15) is 0 Å². The van der Waals surface area contributed by atoms with Crippen LogP contribution in [-0.2, 0) is 16.4 Å². The molecule has 0 atom stereocenters. The molecule has 0 saturated carbocycles.